The molecule has 1 N–H and O–H groups in total. The summed E-state index contributed by atoms with van der Waals surface area (Å²) in [6, 6.07) is 16.0. The zero-order valence-corrected chi connectivity index (χ0v) is 22.1. The van der Waals surface area contributed by atoms with Gasteiger partial charge in [0.2, 0.25) is 5.88 Å². The first-order valence-corrected chi connectivity index (χ1v) is 13.5. The monoisotopic (exact) mass is 514 g/mol. The van der Waals surface area contributed by atoms with E-state index in [0.29, 0.717) is 37.3 Å². The summed E-state index contributed by atoms with van der Waals surface area (Å²) >= 11 is 1.44. The maximum Gasteiger partial charge on any atom is 0.275 e. The first-order chi connectivity index (χ1) is 17.9. The molecule has 5 rings (SSSR count). The zero-order chi connectivity index (χ0) is 26.1. The first-order valence-electron chi connectivity index (χ1n) is 12.7. The van der Waals surface area contributed by atoms with Gasteiger partial charge >= 0.3 is 0 Å². The van der Waals surface area contributed by atoms with Crippen molar-refractivity contribution in [2.75, 3.05) is 13.1 Å². The molecule has 1 saturated heterocycles. The van der Waals surface area contributed by atoms with Crippen LogP contribution in [0.1, 0.15) is 58.2 Å². The number of carbonyl (C=O) groups excluding carboxylic acids is 1. The average Bonchev–Trinajstić information content (AvgIpc) is 3.58. The number of aryl methyl sites for hydroxylation is 3. The summed E-state index contributed by atoms with van der Waals surface area (Å²) in [5.41, 5.74) is 3.43. The molecule has 1 aliphatic rings. The SMILES string of the molecule is CCc1cccc(CC)c1-n1c(-c2csc(C)n2)nc(O)c(C(=O)N2CC[C@H](c3ccccc3)C2)c1=O. The molecule has 0 saturated carbocycles. The van der Waals surface area contributed by atoms with Crippen LogP contribution in [0, 0.1) is 6.92 Å². The second-order valence-electron chi connectivity index (χ2n) is 9.31. The van der Waals surface area contributed by atoms with Gasteiger partial charge in [0, 0.05) is 24.4 Å². The Balaban J connectivity index is 1.66. The van der Waals surface area contributed by atoms with E-state index in [1.165, 1.54) is 15.9 Å². The van der Waals surface area contributed by atoms with Gasteiger partial charge in [0.1, 0.15) is 5.69 Å². The van der Waals surface area contributed by atoms with Gasteiger partial charge in [-0.05, 0) is 42.9 Å². The summed E-state index contributed by atoms with van der Waals surface area (Å²) in [7, 11) is 0. The summed E-state index contributed by atoms with van der Waals surface area (Å²) in [5, 5.41) is 13.6. The summed E-state index contributed by atoms with van der Waals surface area (Å²) in [6.07, 6.45) is 2.19. The van der Waals surface area contributed by atoms with Crippen LogP contribution in [0.2, 0.25) is 0 Å². The second-order valence-corrected chi connectivity index (χ2v) is 10.4. The molecule has 1 fully saturated rings. The second kappa shape index (κ2) is 10.3. The van der Waals surface area contributed by atoms with Gasteiger partial charge < -0.3 is 10.0 Å². The molecule has 0 spiro atoms. The van der Waals surface area contributed by atoms with E-state index in [4.69, 9.17) is 0 Å². The van der Waals surface area contributed by atoms with Crippen molar-refractivity contribution >= 4 is 17.2 Å². The lowest BCUT2D eigenvalue weighted by atomic mass is 9.99. The topological polar surface area (TPSA) is 88.3 Å². The molecule has 0 aliphatic carbocycles. The highest BCUT2D eigenvalue weighted by Crippen LogP contribution is 2.31. The maximum atomic E-state index is 14.2. The van der Waals surface area contributed by atoms with Gasteiger partial charge in [-0.15, -0.1) is 11.3 Å². The number of likely N-dealkylation sites (tertiary alicyclic amines) is 1. The largest absolute Gasteiger partial charge is 0.493 e. The molecule has 3 heterocycles. The standard InChI is InChI=1S/C29H30N4O3S/c1-4-19-12-9-13-20(5-2)25(19)33-26(23-17-37-18(3)30-23)31-27(34)24(29(33)36)28(35)32-15-14-22(16-32)21-10-7-6-8-11-21/h6-13,17,22,34H,4-5,14-16H2,1-3H3/t22-/m0/s1. The number of hydrogen-bond donors (Lipinski definition) is 1. The Morgan fingerprint density at radius 1 is 1.05 bits per heavy atom. The molecular weight excluding hydrogens is 484 g/mol. The average molecular weight is 515 g/mol. The molecule has 0 radical (unpaired) electrons. The summed E-state index contributed by atoms with van der Waals surface area (Å²) in [5.74, 6) is -0.618. The number of carbonyl (C=O) groups is 1. The van der Waals surface area contributed by atoms with Crippen molar-refractivity contribution in [3.8, 4) is 23.1 Å². The number of rotatable bonds is 6. The fourth-order valence-electron chi connectivity index (χ4n) is 5.14. The van der Waals surface area contributed by atoms with Crippen LogP contribution in [-0.2, 0) is 12.8 Å². The van der Waals surface area contributed by atoms with Crippen molar-refractivity contribution in [3.63, 3.8) is 0 Å². The molecule has 190 valence electrons. The molecule has 1 amide bonds. The van der Waals surface area contributed by atoms with Crippen molar-refractivity contribution in [1.29, 1.82) is 0 Å². The maximum absolute atomic E-state index is 14.2. The molecule has 2 aromatic heterocycles. The van der Waals surface area contributed by atoms with E-state index in [9.17, 15) is 14.7 Å². The molecule has 0 bridgehead atoms. The predicted octanol–water partition coefficient (Wildman–Crippen LogP) is 5.12. The van der Waals surface area contributed by atoms with Crippen LogP contribution >= 0.6 is 11.3 Å². The van der Waals surface area contributed by atoms with Crippen molar-refractivity contribution in [2.45, 2.75) is 46.0 Å². The van der Waals surface area contributed by atoms with Gasteiger partial charge in [0.25, 0.3) is 11.5 Å². The highest BCUT2D eigenvalue weighted by molar-refractivity contribution is 7.09. The van der Waals surface area contributed by atoms with Gasteiger partial charge in [0.05, 0.1) is 10.7 Å². The van der Waals surface area contributed by atoms with Gasteiger partial charge in [-0.2, -0.15) is 4.98 Å². The third-order valence-electron chi connectivity index (χ3n) is 7.06. The van der Waals surface area contributed by atoms with Crippen molar-refractivity contribution in [1.82, 2.24) is 19.4 Å². The Hall–Kier alpha value is -3.78. The number of aromatic nitrogens is 3. The fraction of sp³-hybridized carbons (Fsp3) is 0.310. The van der Waals surface area contributed by atoms with Crippen molar-refractivity contribution in [3.05, 3.63) is 91.5 Å². The van der Waals surface area contributed by atoms with Gasteiger partial charge in [0.15, 0.2) is 11.4 Å². The van der Waals surface area contributed by atoms with E-state index >= 15 is 0 Å². The van der Waals surface area contributed by atoms with E-state index in [1.807, 2.05) is 62.5 Å². The third-order valence-corrected chi connectivity index (χ3v) is 7.83. The zero-order valence-electron chi connectivity index (χ0n) is 21.3. The molecule has 1 aliphatic heterocycles. The Kier molecular flexibility index (Phi) is 6.93. The number of benzene rings is 2. The summed E-state index contributed by atoms with van der Waals surface area (Å²) in [4.78, 5) is 38.5. The number of nitrogens with zero attached hydrogens (tertiary/aromatic N) is 4. The molecule has 7 nitrogen and oxygen atoms in total. The molecule has 37 heavy (non-hydrogen) atoms. The van der Waals surface area contributed by atoms with E-state index in [1.54, 1.807) is 4.90 Å². The minimum Gasteiger partial charge on any atom is -0.493 e. The van der Waals surface area contributed by atoms with Crippen LogP contribution in [0.25, 0.3) is 17.2 Å². The molecule has 4 aromatic rings. The Morgan fingerprint density at radius 3 is 2.38 bits per heavy atom. The van der Waals surface area contributed by atoms with E-state index in [-0.39, 0.29) is 17.3 Å². The van der Waals surface area contributed by atoms with Crippen LogP contribution < -0.4 is 5.56 Å². The minimum atomic E-state index is -0.572. The third kappa shape index (κ3) is 4.57. The minimum absolute atomic E-state index is 0.187. The van der Waals surface area contributed by atoms with Gasteiger partial charge in [-0.25, -0.2) is 4.98 Å². The number of aromatic hydroxyl groups is 1. The van der Waals surface area contributed by atoms with Crippen molar-refractivity contribution in [2.24, 2.45) is 0 Å². The fourth-order valence-corrected chi connectivity index (χ4v) is 5.74. The Bertz CT molecular complexity index is 1490. The first kappa shape index (κ1) is 24.9. The summed E-state index contributed by atoms with van der Waals surface area (Å²) in [6.45, 7) is 6.94. The molecule has 2 aromatic carbocycles. The van der Waals surface area contributed by atoms with Crippen LogP contribution in [0.15, 0.2) is 58.7 Å². The van der Waals surface area contributed by atoms with Crippen molar-refractivity contribution < 1.29 is 9.90 Å². The lowest BCUT2D eigenvalue weighted by Gasteiger charge is -2.21. The molecular formula is C29H30N4O3S. The smallest absolute Gasteiger partial charge is 0.275 e. The quantitative estimate of drug-likeness (QED) is 0.386. The van der Waals surface area contributed by atoms with Crippen LogP contribution in [0.5, 0.6) is 5.88 Å². The lowest BCUT2D eigenvalue weighted by Crippen LogP contribution is -2.36. The highest BCUT2D eigenvalue weighted by Gasteiger charge is 2.33. The van der Waals surface area contributed by atoms with Crippen LogP contribution in [0.3, 0.4) is 0 Å². The molecule has 1 atom stereocenters. The predicted molar refractivity (Wildman–Crippen MR) is 146 cm³/mol. The lowest BCUT2D eigenvalue weighted by molar-refractivity contribution is 0.0784. The number of hydrogen-bond acceptors (Lipinski definition) is 6. The Morgan fingerprint density at radius 2 is 1.76 bits per heavy atom. The summed E-state index contributed by atoms with van der Waals surface area (Å²) < 4.78 is 1.49. The van der Waals surface area contributed by atoms with Crippen LogP contribution in [0.4, 0.5) is 0 Å². The normalized spacial score (nSPS) is 15.3. The molecule has 0 unspecified atom stereocenters. The van der Waals surface area contributed by atoms with Gasteiger partial charge in [-0.3, -0.25) is 14.2 Å². The van der Waals surface area contributed by atoms with E-state index in [2.05, 4.69) is 22.1 Å². The van der Waals surface area contributed by atoms with E-state index in [0.717, 1.165) is 28.1 Å². The highest BCUT2D eigenvalue weighted by atomic mass is 32.1. The van der Waals surface area contributed by atoms with Gasteiger partial charge in [-0.1, -0.05) is 62.4 Å². The molecule has 8 heteroatoms. The number of amides is 1. The van der Waals surface area contributed by atoms with E-state index < -0.39 is 17.3 Å². The van der Waals surface area contributed by atoms with Crippen LogP contribution in [-0.4, -0.2) is 43.5 Å². The Labute approximate surface area is 220 Å². The number of para-hydroxylation sites is 1. The number of thiazole rings is 1.